The van der Waals surface area contributed by atoms with Gasteiger partial charge in [-0.15, -0.1) is 0 Å². The number of phenols is 1. The highest BCUT2D eigenvalue weighted by Gasteiger charge is 2.27. The highest BCUT2D eigenvalue weighted by atomic mass is 19.1. The second-order valence-electron chi connectivity index (χ2n) is 9.30. The summed E-state index contributed by atoms with van der Waals surface area (Å²) in [7, 11) is 0. The van der Waals surface area contributed by atoms with Crippen molar-refractivity contribution < 1.29 is 13.9 Å². The van der Waals surface area contributed by atoms with Crippen molar-refractivity contribution >= 4 is 16.9 Å². The van der Waals surface area contributed by atoms with Crippen LogP contribution in [-0.2, 0) is 6.42 Å². The third kappa shape index (κ3) is 4.31. The Morgan fingerprint density at radius 3 is 2.73 bits per heavy atom. The van der Waals surface area contributed by atoms with Crippen molar-refractivity contribution in [3.05, 3.63) is 69.9 Å². The number of aromatic hydroxyl groups is 1. The van der Waals surface area contributed by atoms with E-state index >= 15 is 4.39 Å². The molecule has 0 amide bonds. The van der Waals surface area contributed by atoms with Crippen molar-refractivity contribution in [3.8, 4) is 22.7 Å². The standard InChI is InChI=1S/C27H28F2N6O2/c1-4-6-20-24(15(2)9-10-31-20)35-26-17(25(33-27(35)37)34-12-11-30-14-16(34)3)13-19(29)23(32-26)22-18(28)7-5-8-21(22)36/h5,7-10,13,16,30,36H,4,6,11-12,14H2,1-3H3/t16-/m0/s1. The average Bonchev–Trinajstić information content (AvgIpc) is 2.86. The molecule has 0 radical (unpaired) electrons. The summed E-state index contributed by atoms with van der Waals surface area (Å²) in [5.74, 6) is -1.79. The largest absolute Gasteiger partial charge is 0.507 e. The van der Waals surface area contributed by atoms with Gasteiger partial charge in [-0.3, -0.25) is 4.98 Å². The molecule has 0 bridgehead atoms. The molecule has 5 rings (SSSR count). The number of nitrogens with zero attached hydrogens (tertiary/aromatic N) is 5. The Bertz CT molecular complexity index is 1530. The quantitative estimate of drug-likeness (QED) is 0.424. The van der Waals surface area contributed by atoms with E-state index in [4.69, 9.17) is 0 Å². The minimum atomic E-state index is -0.833. The van der Waals surface area contributed by atoms with Crippen molar-refractivity contribution in [2.24, 2.45) is 0 Å². The van der Waals surface area contributed by atoms with Crippen LogP contribution in [0.5, 0.6) is 5.75 Å². The lowest BCUT2D eigenvalue weighted by Gasteiger charge is -2.35. The van der Waals surface area contributed by atoms with Gasteiger partial charge in [0.15, 0.2) is 11.5 Å². The Labute approximate surface area is 212 Å². The Balaban J connectivity index is 1.90. The van der Waals surface area contributed by atoms with Gasteiger partial charge in [0.1, 0.15) is 23.1 Å². The Morgan fingerprint density at radius 2 is 2.00 bits per heavy atom. The Hall–Kier alpha value is -3.92. The van der Waals surface area contributed by atoms with E-state index in [1.807, 2.05) is 25.7 Å². The summed E-state index contributed by atoms with van der Waals surface area (Å²) in [5, 5.41) is 14.0. The first-order chi connectivity index (χ1) is 17.8. The molecule has 4 aromatic rings. The highest BCUT2D eigenvalue weighted by molar-refractivity contribution is 5.91. The summed E-state index contributed by atoms with van der Waals surface area (Å²) in [6.45, 7) is 7.77. The fraction of sp³-hybridized carbons (Fsp3) is 0.333. The van der Waals surface area contributed by atoms with Gasteiger partial charge in [0.25, 0.3) is 0 Å². The number of fused-ring (bicyclic) bond motifs is 1. The zero-order valence-corrected chi connectivity index (χ0v) is 20.9. The molecule has 192 valence electrons. The number of hydrogen-bond acceptors (Lipinski definition) is 7. The smallest absolute Gasteiger partial charge is 0.355 e. The Kier molecular flexibility index (Phi) is 6.59. The third-order valence-corrected chi connectivity index (χ3v) is 6.72. The number of rotatable bonds is 5. The van der Waals surface area contributed by atoms with Crippen molar-refractivity contribution in [1.82, 2.24) is 24.8 Å². The molecule has 1 aliphatic heterocycles. The zero-order chi connectivity index (χ0) is 26.3. The van der Waals surface area contributed by atoms with Gasteiger partial charge >= 0.3 is 5.69 Å². The number of anilines is 1. The molecule has 1 saturated heterocycles. The van der Waals surface area contributed by atoms with Crippen molar-refractivity contribution in [3.63, 3.8) is 0 Å². The summed E-state index contributed by atoms with van der Waals surface area (Å²) in [6, 6.07) is 6.72. The summed E-state index contributed by atoms with van der Waals surface area (Å²) >= 11 is 0. The molecule has 0 unspecified atom stereocenters. The minimum absolute atomic E-state index is 0.00571. The molecule has 1 fully saturated rings. The SMILES string of the molecule is CCCc1nccc(C)c1-n1c(=O)nc(N2CCNC[C@@H]2C)c2cc(F)c(-c3c(O)cccc3F)nc21. The lowest BCUT2D eigenvalue weighted by Crippen LogP contribution is -2.50. The predicted molar refractivity (Wildman–Crippen MR) is 138 cm³/mol. The maximum Gasteiger partial charge on any atom is 0.355 e. The third-order valence-electron chi connectivity index (χ3n) is 6.72. The van der Waals surface area contributed by atoms with Crippen LogP contribution >= 0.6 is 0 Å². The fourth-order valence-electron chi connectivity index (χ4n) is 4.94. The van der Waals surface area contributed by atoms with Crippen LogP contribution in [0.1, 0.15) is 31.5 Å². The highest BCUT2D eigenvalue weighted by Crippen LogP contribution is 2.36. The normalized spacial score (nSPS) is 15.9. The van der Waals surface area contributed by atoms with Crippen molar-refractivity contribution in [2.75, 3.05) is 24.5 Å². The van der Waals surface area contributed by atoms with Gasteiger partial charge in [0.2, 0.25) is 0 Å². The van der Waals surface area contributed by atoms with Crippen LogP contribution < -0.4 is 15.9 Å². The van der Waals surface area contributed by atoms with Crippen LogP contribution in [0.3, 0.4) is 0 Å². The van der Waals surface area contributed by atoms with Gasteiger partial charge in [-0.25, -0.2) is 23.1 Å². The number of aryl methyl sites for hydroxylation is 2. The zero-order valence-electron chi connectivity index (χ0n) is 20.9. The van der Waals surface area contributed by atoms with Crippen LogP contribution in [0.2, 0.25) is 0 Å². The molecule has 1 aromatic carbocycles. The predicted octanol–water partition coefficient (Wildman–Crippen LogP) is 3.89. The molecule has 0 aliphatic carbocycles. The maximum atomic E-state index is 15.6. The maximum absolute atomic E-state index is 15.6. The number of aromatic nitrogens is 4. The van der Waals surface area contributed by atoms with Crippen LogP contribution in [-0.4, -0.2) is 50.3 Å². The van der Waals surface area contributed by atoms with Crippen LogP contribution in [0.25, 0.3) is 28.0 Å². The summed E-state index contributed by atoms with van der Waals surface area (Å²) in [5.41, 5.74) is 0.741. The van der Waals surface area contributed by atoms with Gasteiger partial charge in [-0.1, -0.05) is 19.4 Å². The first kappa shape index (κ1) is 24.8. The molecule has 3 aromatic heterocycles. The number of pyridine rings is 2. The van der Waals surface area contributed by atoms with Gasteiger partial charge < -0.3 is 15.3 Å². The fourth-order valence-corrected chi connectivity index (χ4v) is 4.94. The second kappa shape index (κ2) is 9.85. The second-order valence-corrected chi connectivity index (χ2v) is 9.30. The van der Waals surface area contributed by atoms with E-state index < -0.39 is 23.1 Å². The van der Waals surface area contributed by atoms with E-state index in [2.05, 4.69) is 20.3 Å². The number of nitrogens with one attached hydrogen (secondary N) is 1. The summed E-state index contributed by atoms with van der Waals surface area (Å²) < 4.78 is 31.8. The lowest BCUT2D eigenvalue weighted by molar-refractivity contribution is 0.470. The van der Waals surface area contributed by atoms with Crippen molar-refractivity contribution in [1.29, 1.82) is 0 Å². The molecule has 0 saturated carbocycles. The van der Waals surface area contributed by atoms with Crippen LogP contribution in [0.15, 0.2) is 41.3 Å². The van der Waals surface area contributed by atoms with E-state index in [9.17, 15) is 14.3 Å². The van der Waals surface area contributed by atoms with E-state index in [1.165, 1.54) is 22.8 Å². The number of halogens is 2. The number of phenolic OH excluding ortho intramolecular Hbond substituents is 1. The Morgan fingerprint density at radius 1 is 1.19 bits per heavy atom. The molecule has 2 N–H and O–H groups in total. The van der Waals surface area contributed by atoms with Gasteiger partial charge in [0, 0.05) is 31.9 Å². The average molecular weight is 507 g/mol. The number of piperazine rings is 1. The minimum Gasteiger partial charge on any atom is -0.507 e. The summed E-state index contributed by atoms with van der Waals surface area (Å²) in [4.78, 5) is 29.1. The van der Waals surface area contributed by atoms with E-state index in [1.54, 1.807) is 12.3 Å². The number of benzene rings is 1. The topological polar surface area (TPSA) is 96.2 Å². The first-order valence-electron chi connectivity index (χ1n) is 12.3. The van der Waals surface area contributed by atoms with Gasteiger partial charge in [0.05, 0.1) is 22.3 Å². The molecule has 1 atom stereocenters. The van der Waals surface area contributed by atoms with Crippen molar-refractivity contribution in [2.45, 2.75) is 39.7 Å². The first-order valence-corrected chi connectivity index (χ1v) is 12.3. The molecule has 37 heavy (non-hydrogen) atoms. The molecular formula is C27H28F2N6O2. The lowest BCUT2D eigenvalue weighted by atomic mass is 10.1. The van der Waals surface area contributed by atoms with Crippen LogP contribution in [0, 0.1) is 18.6 Å². The molecule has 1 aliphatic rings. The monoisotopic (exact) mass is 506 g/mol. The number of hydrogen-bond donors (Lipinski definition) is 2. The van der Waals surface area contributed by atoms with Gasteiger partial charge in [-0.05, 0) is 50.1 Å². The van der Waals surface area contributed by atoms with E-state index in [0.29, 0.717) is 48.6 Å². The molecular weight excluding hydrogens is 478 g/mol. The van der Waals surface area contributed by atoms with E-state index in [0.717, 1.165) is 18.1 Å². The summed E-state index contributed by atoms with van der Waals surface area (Å²) in [6.07, 6.45) is 3.07. The van der Waals surface area contributed by atoms with E-state index in [-0.39, 0.29) is 22.9 Å². The molecule has 10 heteroatoms. The van der Waals surface area contributed by atoms with Crippen LogP contribution in [0.4, 0.5) is 14.6 Å². The molecule has 4 heterocycles. The van der Waals surface area contributed by atoms with Gasteiger partial charge in [-0.2, -0.15) is 4.98 Å². The molecule has 8 nitrogen and oxygen atoms in total. The molecule has 0 spiro atoms.